The number of rotatable bonds is 5. The van der Waals surface area contributed by atoms with Crippen LogP contribution in [0.2, 0.25) is 0 Å². The summed E-state index contributed by atoms with van der Waals surface area (Å²) in [6.07, 6.45) is 3.16. The van der Waals surface area contributed by atoms with Crippen LogP contribution in [0.25, 0.3) is 0 Å². The molecule has 2 unspecified atom stereocenters. The van der Waals surface area contributed by atoms with Gasteiger partial charge in [-0.2, -0.15) is 0 Å². The monoisotopic (exact) mass is 353 g/mol. The predicted molar refractivity (Wildman–Crippen MR) is 101 cm³/mol. The molecule has 0 aliphatic carbocycles. The molecule has 2 heterocycles. The molecule has 0 spiro atoms. The molecule has 4 heteroatoms. The summed E-state index contributed by atoms with van der Waals surface area (Å²) < 4.78 is 5.80. The predicted octanol–water partition coefficient (Wildman–Crippen LogP) is 3.91. The van der Waals surface area contributed by atoms with Gasteiger partial charge in [-0.15, -0.1) is 11.8 Å². The van der Waals surface area contributed by atoms with Crippen molar-refractivity contribution in [3.05, 3.63) is 65.7 Å². The Morgan fingerprint density at radius 1 is 1.12 bits per heavy atom. The van der Waals surface area contributed by atoms with E-state index in [-0.39, 0.29) is 17.3 Å². The highest BCUT2D eigenvalue weighted by molar-refractivity contribution is 8.01. The van der Waals surface area contributed by atoms with Gasteiger partial charge in [-0.3, -0.25) is 4.79 Å². The van der Waals surface area contributed by atoms with Gasteiger partial charge in [-0.1, -0.05) is 48.5 Å². The minimum atomic E-state index is -0.0116. The second-order valence-corrected chi connectivity index (χ2v) is 8.00. The molecular formula is C21H23NO2S. The molecule has 0 N–H and O–H groups in total. The second kappa shape index (κ2) is 7.63. The highest BCUT2D eigenvalue weighted by Crippen LogP contribution is 2.38. The average Bonchev–Trinajstić information content (AvgIpc) is 3.30. The number of carbonyl (C=O) groups excluding carboxylic acids is 1. The summed E-state index contributed by atoms with van der Waals surface area (Å²) in [5, 5.41) is -0.0116. The number of hydrogen-bond acceptors (Lipinski definition) is 3. The van der Waals surface area contributed by atoms with Crippen molar-refractivity contribution in [3.8, 4) is 0 Å². The van der Waals surface area contributed by atoms with Crippen LogP contribution in [0.1, 0.15) is 24.0 Å². The maximum atomic E-state index is 13.3. The highest BCUT2D eigenvalue weighted by Gasteiger charge is 2.33. The third-order valence-electron chi connectivity index (χ3n) is 4.90. The summed E-state index contributed by atoms with van der Waals surface area (Å²) in [7, 11) is 0. The van der Waals surface area contributed by atoms with Gasteiger partial charge in [-0.05, 0) is 36.5 Å². The third kappa shape index (κ3) is 3.91. The van der Waals surface area contributed by atoms with Crippen molar-refractivity contribution in [3.63, 3.8) is 0 Å². The van der Waals surface area contributed by atoms with E-state index < -0.39 is 0 Å². The summed E-state index contributed by atoms with van der Waals surface area (Å²) in [5.74, 6) is 0.237. The van der Waals surface area contributed by atoms with Crippen LogP contribution in [0, 0.1) is 0 Å². The van der Waals surface area contributed by atoms with Gasteiger partial charge in [0.05, 0.1) is 11.4 Å². The largest absolute Gasteiger partial charge is 0.376 e. The van der Waals surface area contributed by atoms with Crippen molar-refractivity contribution >= 4 is 17.7 Å². The van der Waals surface area contributed by atoms with Crippen molar-refractivity contribution in [2.75, 3.05) is 13.2 Å². The van der Waals surface area contributed by atoms with E-state index in [9.17, 15) is 4.79 Å². The van der Waals surface area contributed by atoms with Crippen LogP contribution in [0.3, 0.4) is 0 Å². The first-order valence-electron chi connectivity index (χ1n) is 8.98. The topological polar surface area (TPSA) is 29.5 Å². The summed E-state index contributed by atoms with van der Waals surface area (Å²) in [5.41, 5.74) is 2.47. The molecule has 2 aliphatic heterocycles. The van der Waals surface area contributed by atoms with Crippen molar-refractivity contribution in [1.29, 1.82) is 0 Å². The molecule has 3 nitrogen and oxygen atoms in total. The maximum absolute atomic E-state index is 13.3. The van der Waals surface area contributed by atoms with E-state index in [0.717, 1.165) is 25.9 Å². The average molecular weight is 353 g/mol. The van der Waals surface area contributed by atoms with E-state index >= 15 is 0 Å². The maximum Gasteiger partial charge on any atom is 0.236 e. The zero-order chi connectivity index (χ0) is 17.1. The summed E-state index contributed by atoms with van der Waals surface area (Å²) in [6.45, 7) is 2.18. The van der Waals surface area contributed by atoms with Crippen LogP contribution in [0.4, 0.5) is 0 Å². The third-order valence-corrected chi connectivity index (χ3v) is 6.20. The van der Waals surface area contributed by atoms with E-state index in [0.29, 0.717) is 13.1 Å². The van der Waals surface area contributed by atoms with E-state index in [1.165, 1.54) is 16.0 Å². The zero-order valence-corrected chi connectivity index (χ0v) is 15.1. The molecule has 4 rings (SSSR count). The molecular weight excluding hydrogens is 330 g/mol. The lowest BCUT2D eigenvalue weighted by molar-refractivity contribution is -0.132. The molecule has 2 aromatic rings. The van der Waals surface area contributed by atoms with E-state index in [1.54, 1.807) is 11.8 Å². The Morgan fingerprint density at radius 3 is 2.68 bits per heavy atom. The Balaban J connectivity index is 1.49. The number of amides is 1. The van der Waals surface area contributed by atoms with Crippen LogP contribution in [-0.2, 0) is 22.5 Å². The zero-order valence-electron chi connectivity index (χ0n) is 14.3. The molecule has 2 aliphatic rings. The first-order valence-corrected chi connectivity index (χ1v) is 9.86. The van der Waals surface area contributed by atoms with Gasteiger partial charge < -0.3 is 9.64 Å². The number of fused-ring (bicyclic) bond motifs is 1. The number of nitrogens with zero attached hydrogens (tertiary/aromatic N) is 1. The molecule has 0 saturated carbocycles. The van der Waals surface area contributed by atoms with Crippen LogP contribution in [-0.4, -0.2) is 35.3 Å². The van der Waals surface area contributed by atoms with Gasteiger partial charge in [0.25, 0.3) is 0 Å². The molecule has 1 saturated heterocycles. The minimum Gasteiger partial charge on any atom is -0.376 e. The Hall–Kier alpha value is -1.78. The summed E-state index contributed by atoms with van der Waals surface area (Å²) in [6, 6.07) is 18.6. The molecule has 1 fully saturated rings. The lowest BCUT2D eigenvalue weighted by Crippen LogP contribution is -2.41. The lowest BCUT2D eigenvalue weighted by Gasteiger charge is -2.28. The van der Waals surface area contributed by atoms with Crippen LogP contribution >= 0.6 is 11.8 Å². The molecule has 2 atom stereocenters. The van der Waals surface area contributed by atoms with Gasteiger partial charge in [0, 0.05) is 24.6 Å². The van der Waals surface area contributed by atoms with E-state index in [4.69, 9.17) is 4.74 Å². The smallest absolute Gasteiger partial charge is 0.236 e. The van der Waals surface area contributed by atoms with Crippen LogP contribution in [0.5, 0.6) is 0 Å². The Morgan fingerprint density at radius 2 is 1.92 bits per heavy atom. The van der Waals surface area contributed by atoms with Gasteiger partial charge in [0.15, 0.2) is 0 Å². The molecule has 0 radical (unpaired) electrons. The number of benzene rings is 2. The Kier molecular flexibility index (Phi) is 5.09. The fourth-order valence-electron chi connectivity index (χ4n) is 3.59. The number of thioether (sulfide) groups is 1. The first kappa shape index (κ1) is 16.7. The fraction of sp³-hybridized carbons (Fsp3) is 0.381. The van der Waals surface area contributed by atoms with Gasteiger partial charge in [0.1, 0.15) is 0 Å². The Bertz CT molecular complexity index is 703. The minimum absolute atomic E-state index is 0.0116. The van der Waals surface area contributed by atoms with Crippen LogP contribution < -0.4 is 0 Å². The Labute approximate surface area is 153 Å². The van der Waals surface area contributed by atoms with E-state index in [1.807, 2.05) is 29.2 Å². The van der Waals surface area contributed by atoms with Gasteiger partial charge in [0.2, 0.25) is 5.91 Å². The summed E-state index contributed by atoms with van der Waals surface area (Å²) in [4.78, 5) is 16.5. The van der Waals surface area contributed by atoms with Crippen molar-refractivity contribution in [2.24, 2.45) is 0 Å². The molecule has 0 aromatic heterocycles. The second-order valence-electron chi connectivity index (χ2n) is 6.76. The fourth-order valence-corrected chi connectivity index (χ4v) is 4.87. The first-order chi connectivity index (χ1) is 12.3. The van der Waals surface area contributed by atoms with Crippen LogP contribution in [0.15, 0.2) is 59.5 Å². The molecule has 1 amide bonds. The normalized spacial score (nSPS) is 21.9. The SMILES string of the molecule is O=C(C1Cc2ccccc2S1)N(Cc1ccccc1)CC1CCCO1. The van der Waals surface area contributed by atoms with Gasteiger partial charge in [-0.25, -0.2) is 0 Å². The summed E-state index contributed by atoms with van der Waals surface area (Å²) >= 11 is 1.71. The lowest BCUT2D eigenvalue weighted by atomic mass is 10.1. The van der Waals surface area contributed by atoms with E-state index in [2.05, 4.69) is 30.3 Å². The standard InChI is InChI=1S/C21H23NO2S/c23-21(20-13-17-9-4-5-11-19(17)25-20)22(15-18-10-6-12-24-18)14-16-7-2-1-3-8-16/h1-5,7-9,11,18,20H,6,10,12-15H2. The number of carbonyl (C=O) groups is 1. The molecule has 0 bridgehead atoms. The molecule has 25 heavy (non-hydrogen) atoms. The molecule has 130 valence electrons. The quantitative estimate of drug-likeness (QED) is 0.816. The van der Waals surface area contributed by atoms with Crippen molar-refractivity contribution in [2.45, 2.75) is 42.1 Å². The van der Waals surface area contributed by atoms with Gasteiger partial charge >= 0.3 is 0 Å². The molecule has 2 aromatic carbocycles. The number of ether oxygens (including phenoxy) is 1. The number of hydrogen-bond donors (Lipinski definition) is 0. The van der Waals surface area contributed by atoms with Crippen molar-refractivity contribution in [1.82, 2.24) is 4.90 Å². The van der Waals surface area contributed by atoms with Crippen molar-refractivity contribution < 1.29 is 9.53 Å². The highest BCUT2D eigenvalue weighted by atomic mass is 32.2.